The van der Waals surface area contributed by atoms with Crippen molar-refractivity contribution in [3.05, 3.63) is 388 Å². The average molecular weight is 1480 g/mol. The number of hydrogen-bond donors (Lipinski definition) is 0. The minimum Gasteiger partial charge on any atom is -0.309 e. The van der Waals surface area contributed by atoms with Gasteiger partial charge >= 0.3 is 0 Å². The average Bonchev–Trinajstić information content (AvgIpc) is 1.55. The lowest BCUT2D eigenvalue weighted by Gasteiger charge is -2.17. The molecule has 116 heavy (non-hydrogen) atoms. The van der Waals surface area contributed by atoms with Gasteiger partial charge in [-0.25, -0.2) is 19.9 Å². The van der Waals surface area contributed by atoms with Crippen molar-refractivity contribution in [1.29, 1.82) is 0 Å². The minimum atomic E-state index is 0.727. The molecule has 538 valence electrons. The fourth-order valence-electron chi connectivity index (χ4n) is 19.3. The van der Waals surface area contributed by atoms with Gasteiger partial charge in [0, 0.05) is 104 Å². The molecule has 0 spiro atoms. The summed E-state index contributed by atoms with van der Waals surface area (Å²) in [6.07, 6.45) is 0. The van der Waals surface area contributed by atoms with Crippen LogP contribution in [0.4, 0.5) is 0 Å². The van der Waals surface area contributed by atoms with Crippen LogP contribution in [0.1, 0.15) is 0 Å². The molecule has 25 rings (SSSR count). The summed E-state index contributed by atoms with van der Waals surface area (Å²) in [5.41, 5.74) is 28.4. The molecular formula is C106H64N10. The highest BCUT2D eigenvalue weighted by Crippen LogP contribution is 2.48. The third-order valence-corrected chi connectivity index (χ3v) is 24.1. The lowest BCUT2D eigenvalue weighted by molar-refractivity contribution is 1.07. The van der Waals surface area contributed by atoms with Crippen molar-refractivity contribution in [3.63, 3.8) is 0 Å². The first-order valence-corrected chi connectivity index (χ1v) is 39.5. The molecule has 0 saturated heterocycles. The molecule has 10 heteroatoms. The summed E-state index contributed by atoms with van der Waals surface area (Å²) >= 11 is 0. The monoisotopic (exact) mass is 1480 g/mol. The van der Waals surface area contributed by atoms with Crippen molar-refractivity contribution >= 4 is 153 Å². The van der Waals surface area contributed by atoms with Crippen molar-refractivity contribution in [2.24, 2.45) is 0 Å². The number of nitrogens with zero attached hydrogens (tertiary/aromatic N) is 10. The Kier molecular flexibility index (Phi) is 13.7. The number of aromatic nitrogens is 10. The van der Waals surface area contributed by atoms with Gasteiger partial charge in [0.1, 0.15) is 11.4 Å². The molecule has 0 radical (unpaired) electrons. The largest absolute Gasteiger partial charge is 0.309 e. The van der Waals surface area contributed by atoms with E-state index in [2.05, 4.69) is 404 Å². The van der Waals surface area contributed by atoms with Gasteiger partial charge in [0.25, 0.3) is 0 Å². The van der Waals surface area contributed by atoms with Crippen molar-refractivity contribution in [3.8, 4) is 79.2 Å². The summed E-state index contributed by atoms with van der Waals surface area (Å²) in [7, 11) is 0. The first kappa shape index (κ1) is 63.9. The molecule has 0 atom stereocenters. The molecule has 8 aromatic heterocycles. The molecule has 0 saturated carbocycles. The second kappa shape index (κ2) is 24.9. The van der Waals surface area contributed by atoms with Gasteiger partial charge in [-0.2, -0.15) is 0 Å². The molecule has 0 unspecified atom stereocenters. The maximum absolute atomic E-state index is 5.90. The van der Waals surface area contributed by atoms with Gasteiger partial charge in [0.2, 0.25) is 0 Å². The quantitative estimate of drug-likeness (QED) is 0.137. The predicted octanol–water partition coefficient (Wildman–Crippen LogP) is 26.8. The lowest BCUT2D eigenvalue weighted by Crippen LogP contribution is -2.05. The Morgan fingerprint density at radius 1 is 0.164 bits per heavy atom. The van der Waals surface area contributed by atoms with E-state index in [1.165, 1.54) is 65.3 Å². The van der Waals surface area contributed by atoms with E-state index in [0.29, 0.717) is 0 Å². The molecule has 25 aromatic rings. The first-order valence-electron chi connectivity index (χ1n) is 39.5. The van der Waals surface area contributed by atoms with E-state index in [0.717, 1.165) is 167 Å². The number of rotatable bonds is 10. The van der Waals surface area contributed by atoms with E-state index in [1.54, 1.807) is 0 Å². The van der Waals surface area contributed by atoms with E-state index in [-0.39, 0.29) is 0 Å². The van der Waals surface area contributed by atoms with Crippen molar-refractivity contribution in [2.75, 3.05) is 0 Å². The van der Waals surface area contributed by atoms with Crippen LogP contribution in [0.15, 0.2) is 388 Å². The second-order valence-corrected chi connectivity index (χ2v) is 30.4. The number of benzene rings is 17. The van der Waals surface area contributed by atoms with E-state index in [1.807, 2.05) is 12.1 Å². The summed E-state index contributed by atoms with van der Waals surface area (Å²) in [6.45, 7) is 0. The zero-order chi connectivity index (χ0) is 75.8. The molecule has 0 aliphatic rings. The van der Waals surface area contributed by atoms with Gasteiger partial charge in [0.15, 0.2) is 11.6 Å². The molecule has 0 aliphatic heterocycles. The molecule has 0 bridgehead atoms. The molecule has 0 aliphatic carbocycles. The predicted molar refractivity (Wildman–Crippen MR) is 480 cm³/mol. The van der Waals surface area contributed by atoms with Gasteiger partial charge in [0.05, 0.1) is 88.3 Å². The molecule has 0 fully saturated rings. The Morgan fingerprint density at radius 3 is 1.01 bits per heavy atom. The third-order valence-electron chi connectivity index (χ3n) is 24.1. The molecular weight excluding hydrogens is 1410 g/mol. The Hall–Kier alpha value is -15.8. The SMILES string of the molecule is c1ccc(-c2cccc(-n3c4ccccc4c4c5c6ccccc6n(-c6ccc7c8ccccc8n(-c8nc9cccc(-c%10cccc(-c%11nc%12ccccc%12nc%11-n%11c%12ccccc%12c%12ccc(-n%13c%14ccccc%14c%14c%15c%16ccccc%16n(-c%16ccccc%16)c%15ccc%14%13)cc%12%11)c%10)c9nc8-c8ccccc8)c7c6)c5ccc43)c2)cc1. The van der Waals surface area contributed by atoms with Gasteiger partial charge in [-0.15, -0.1) is 0 Å². The molecule has 8 heterocycles. The molecule has 17 aromatic carbocycles. The normalized spacial score (nSPS) is 12.1. The van der Waals surface area contributed by atoms with Crippen molar-refractivity contribution in [2.45, 2.75) is 0 Å². The fourth-order valence-corrected chi connectivity index (χ4v) is 19.3. The topological polar surface area (TPSA) is 81.1 Å². The van der Waals surface area contributed by atoms with E-state index >= 15 is 0 Å². The minimum absolute atomic E-state index is 0.727. The maximum Gasteiger partial charge on any atom is 0.165 e. The van der Waals surface area contributed by atoms with Crippen LogP contribution in [-0.2, 0) is 0 Å². The van der Waals surface area contributed by atoms with Gasteiger partial charge in [-0.1, -0.05) is 255 Å². The first-order chi connectivity index (χ1) is 57.6. The summed E-state index contributed by atoms with van der Waals surface area (Å²) < 4.78 is 14.5. The van der Waals surface area contributed by atoms with Crippen LogP contribution >= 0.6 is 0 Å². The lowest BCUT2D eigenvalue weighted by atomic mass is 9.99. The van der Waals surface area contributed by atoms with Crippen LogP contribution in [0.3, 0.4) is 0 Å². The van der Waals surface area contributed by atoms with Crippen LogP contribution in [0.25, 0.3) is 232 Å². The van der Waals surface area contributed by atoms with Gasteiger partial charge in [-0.3, -0.25) is 9.13 Å². The highest BCUT2D eigenvalue weighted by molar-refractivity contribution is 6.31. The van der Waals surface area contributed by atoms with Crippen molar-refractivity contribution < 1.29 is 0 Å². The van der Waals surface area contributed by atoms with E-state index in [4.69, 9.17) is 19.9 Å². The molecule has 0 amide bonds. The van der Waals surface area contributed by atoms with Crippen LogP contribution in [0.2, 0.25) is 0 Å². The standard InChI is InChI=1S/C106H64N10/c1-4-27-65(28-5-1)67-31-25-36-71(62-67)112-89-50-21-13-40-80(89)99-93(112)59-60-95-101(99)82-42-15-23-52-91(82)114(95)72-53-55-77-75-37-10-18-47-86(75)115(96(77)63-72)105-102(66-29-6-2-7-30-66)110-104-74(43-26-46-85(104)109-105)68-32-24-33-69(61-68)103-106(108-84-45-17-16-44-83(84)107-103)116-87-48-19-11-38-76(87)78-56-54-73(64-97(78)116)113-90-51-22-14-41-81(90)100-94(113)58-57-92-98(100)79-39-12-20-49-88(79)111(92)70-34-8-3-9-35-70/h1-64H. The zero-order valence-corrected chi connectivity index (χ0v) is 62.4. The second-order valence-electron chi connectivity index (χ2n) is 30.4. The number of fused-ring (bicyclic) bond motifs is 22. The summed E-state index contributed by atoms with van der Waals surface area (Å²) in [5, 5.41) is 14.2. The number of para-hydroxylation sites is 10. The van der Waals surface area contributed by atoms with Crippen LogP contribution in [-0.4, -0.2) is 47.3 Å². The Balaban J connectivity index is 0.653. The Labute approximate surface area is 663 Å². The van der Waals surface area contributed by atoms with Crippen LogP contribution in [0.5, 0.6) is 0 Å². The van der Waals surface area contributed by atoms with E-state index < -0.39 is 0 Å². The smallest absolute Gasteiger partial charge is 0.165 e. The molecule has 10 nitrogen and oxygen atoms in total. The Morgan fingerprint density at radius 2 is 0.500 bits per heavy atom. The fraction of sp³-hybridized carbons (Fsp3) is 0. The van der Waals surface area contributed by atoms with Crippen LogP contribution in [0, 0.1) is 0 Å². The molecule has 0 N–H and O–H groups in total. The maximum atomic E-state index is 5.90. The Bertz CT molecular complexity index is 8460. The summed E-state index contributed by atoms with van der Waals surface area (Å²) in [6, 6.07) is 140. The highest BCUT2D eigenvalue weighted by atomic mass is 15.1. The number of hydrogen-bond acceptors (Lipinski definition) is 4. The van der Waals surface area contributed by atoms with E-state index in [9.17, 15) is 0 Å². The van der Waals surface area contributed by atoms with Crippen LogP contribution < -0.4 is 0 Å². The van der Waals surface area contributed by atoms with Gasteiger partial charge in [-0.05, 0) is 150 Å². The van der Waals surface area contributed by atoms with Crippen molar-refractivity contribution in [1.82, 2.24) is 47.3 Å². The van der Waals surface area contributed by atoms with Gasteiger partial charge < -0.3 is 18.3 Å². The summed E-state index contributed by atoms with van der Waals surface area (Å²) in [4.78, 5) is 23.1. The zero-order valence-electron chi connectivity index (χ0n) is 62.4. The highest BCUT2D eigenvalue weighted by Gasteiger charge is 2.28. The third kappa shape index (κ3) is 9.34. The summed E-state index contributed by atoms with van der Waals surface area (Å²) in [5.74, 6) is 1.46.